The predicted octanol–water partition coefficient (Wildman–Crippen LogP) is 1.78. The van der Waals surface area contributed by atoms with Crippen LogP contribution in [0.1, 0.15) is 28.1 Å². The topological polar surface area (TPSA) is 93.0 Å². The van der Waals surface area contributed by atoms with E-state index in [4.69, 9.17) is 0 Å². The number of carbonyl (C=O) groups excluding carboxylic acids is 2. The quantitative estimate of drug-likeness (QED) is 0.741. The highest BCUT2D eigenvalue weighted by molar-refractivity contribution is 7.12. The third-order valence-electron chi connectivity index (χ3n) is 4.22. The normalized spacial score (nSPS) is 14.0. The summed E-state index contributed by atoms with van der Waals surface area (Å²) in [7, 11) is 0. The fourth-order valence-electron chi connectivity index (χ4n) is 2.90. The molecule has 132 valence electrons. The molecule has 0 aliphatic carbocycles. The first-order valence-electron chi connectivity index (χ1n) is 8.21. The van der Waals surface area contributed by atoms with Gasteiger partial charge >= 0.3 is 0 Å². The van der Waals surface area contributed by atoms with E-state index < -0.39 is 0 Å². The van der Waals surface area contributed by atoms with Gasteiger partial charge in [0.2, 0.25) is 5.91 Å². The fourth-order valence-corrected chi connectivity index (χ4v) is 3.70. The second-order valence-electron chi connectivity index (χ2n) is 5.89. The Morgan fingerprint density at radius 1 is 1.23 bits per heavy atom. The van der Waals surface area contributed by atoms with Crippen LogP contribution < -0.4 is 10.2 Å². The lowest BCUT2D eigenvalue weighted by molar-refractivity contribution is -0.117. The predicted molar refractivity (Wildman–Crippen MR) is 96.2 cm³/mol. The van der Waals surface area contributed by atoms with Crippen molar-refractivity contribution in [1.82, 2.24) is 25.5 Å². The average molecular weight is 368 g/mol. The van der Waals surface area contributed by atoms with Gasteiger partial charge in [0.1, 0.15) is 11.2 Å². The zero-order chi connectivity index (χ0) is 17.9. The lowest BCUT2D eigenvalue weighted by Gasteiger charge is -2.16. The number of rotatable bonds is 5. The molecule has 4 rings (SSSR count). The third kappa shape index (κ3) is 3.21. The summed E-state index contributed by atoms with van der Waals surface area (Å²) in [4.78, 5) is 26.6. The van der Waals surface area contributed by atoms with Crippen LogP contribution in [-0.4, -0.2) is 38.6 Å². The summed E-state index contributed by atoms with van der Waals surface area (Å²) in [6.07, 6.45) is 2.97. The van der Waals surface area contributed by atoms with E-state index >= 15 is 0 Å². The zero-order valence-electron chi connectivity index (χ0n) is 13.8. The number of nitrogens with zero attached hydrogens (tertiary/aromatic N) is 5. The molecule has 1 N–H and O–H groups in total. The van der Waals surface area contributed by atoms with Crippen molar-refractivity contribution in [3.63, 3.8) is 0 Å². The first-order valence-corrected chi connectivity index (χ1v) is 9.09. The minimum Gasteiger partial charge on any atom is -0.347 e. The van der Waals surface area contributed by atoms with E-state index in [0.29, 0.717) is 23.5 Å². The molecule has 2 aromatic heterocycles. The molecule has 1 aromatic carbocycles. The molecule has 0 saturated carbocycles. The number of amides is 2. The Bertz CT molecular complexity index is 919. The van der Waals surface area contributed by atoms with Gasteiger partial charge in [-0.1, -0.05) is 12.1 Å². The minimum atomic E-state index is -0.177. The largest absolute Gasteiger partial charge is 0.347 e. The molecule has 0 radical (unpaired) electrons. The highest BCUT2D eigenvalue weighted by atomic mass is 32.1. The Labute approximate surface area is 153 Å². The maximum Gasteiger partial charge on any atom is 0.263 e. The standard InChI is InChI=1S/C17H16N6O2S/c24-15-2-1-8-22(15)13-5-3-12(4-6-13)10-18-17(25)16-14(7-9-26-16)23-11-19-20-21-23/h3-7,9,11H,1-2,8,10H2,(H,18,25). The lowest BCUT2D eigenvalue weighted by atomic mass is 10.2. The van der Waals surface area contributed by atoms with Gasteiger partial charge in [-0.05, 0) is 46.0 Å². The van der Waals surface area contributed by atoms with Crippen molar-refractivity contribution < 1.29 is 9.59 Å². The molecule has 2 amide bonds. The monoisotopic (exact) mass is 368 g/mol. The molecular formula is C17H16N6O2S. The number of nitrogens with one attached hydrogen (secondary N) is 1. The Hall–Kier alpha value is -3.07. The molecule has 1 saturated heterocycles. The summed E-state index contributed by atoms with van der Waals surface area (Å²) in [6.45, 7) is 1.17. The van der Waals surface area contributed by atoms with Crippen molar-refractivity contribution in [2.75, 3.05) is 11.4 Å². The van der Waals surface area contributed by atoms with Crippen molar-refractivity contribution in [2.24, 2.45) is 0 Å². The van der Waals surface area contributed by atoms with Crippen LogP contribution in [0.3, 0.4) is 0 Å². The number of thiophene rings is 1. The smallest absolute Gasteiger partial charge is 0.263 e. The maximum absolute atomic E-state index is 12.5. The molecule has 9 heteroatoms. The Kier molecular flexibility index (Phi) is 4.44. The van der Waals surface area contributed by atoms with Crippen molar-refractivity contribution in [3.05, 3.63) is 52.5 Å². The van der Waals surface area contributed by atoms with Crippen LogP contribution in [0.15, 0.2) is 42.0 Å². The van der Waals surface area contributed by atoms with Gasteiger partial charge in [-0.15, -0.1) is 16.4 Å². The number of anilines is 1. The number of aromatic nitrogens is 4. The summed E-state index contributed by atoms with van der Waals surface area (Å²) < 4.78 is 1.47. The molecule has 3 aromatic rings. The fraction of sp³-hybridized carbons (Fsp3) is 0.235. The number of tetrazole rings is 1. The molecule has 8 nitrogen and oxygen atoms in total. The van der Waals surface area contributed by atoms with Crippen LogP contribution in [0.5, 0.6) is 0 Å². The van der Waals surface area contributed by atoms with Crippen LogP contribution in [0.4, 0.5) is 5.69 Å². The number of carbonyl (C=O) groups is 2. The van der Waals surface area contributed by atoms with Gasteiger partial charge in [0.05, 0.1) is 5.69 Å². The van der Waals surface area contributed by atoms with Crippen LogP contribution in [-0.2, 0) is 11.3 Å². The van der Waals surface area contributed by atoms with E-state index in [1.807, 2.05) is 29.6 Å². The van der Waals surface area contributed by atoms with Crippen LogP contribution in [0.25, 0.3) is 5.69 Å². The van der Waals surface area contributed by atoms with Gasteiger partial charge in [-0.25, -0.2) is 0 Å². The van der Waals surface area contributed by atoms with Gasteiger partial charge in [0, 0.05) is 25.2 Å². The number of benzene rings is 1. The van der Waals surface area contributed by atoms with Gasteiger partial charge < -0.3 is 10.2 Å². The molecule has 0 atom stereocenters. The zero-order valence-corrected chi connectivity index (χ0v) is 14.6. The van der Waals surface area contributed by atoms with Gasteiger partial charge in [0.25, 0.3) is 5.91 Å². The molecule has 1 fully saturated rings. The second-order valence-corrected chi connectivity index (χ2v) is 6.80. The van der Waals surface area contributed by atoms with Crippen molar-refractivity contribution in [1.29, 1.82) is 0 Å². The molecule has 26 heavy (non-hydrogen) atoms. The van der Waals surface area contributed by atoms with E-state index in [2.05, 4.69) is 20.8 Å². The summed E-state index contributed by atoms with van der Waals surface area (Å²) in [6, 6.07) is 9.50. The van der Waals surface area contributed by atoms with E-state index in [1.54, 1.807) is 11.0 Å². The maximum atomic E-state index is 12.5. The van der Waals surface area contributed by atoms with Crippen LogP contribution in [0, 0.1) is 0 Å². The SMILES string of the molecule is O=C(NCc1ccc(N2CCCC2=O)cc1)c1sccc1-n1cnnn1. The summed E-state index contributed by atoms with van der Waals surface area (Å²) in [5.74, 6) is -0.0109. The van der Waals surface area contributed by atoms with Crippen LogP contribution >= 0.6 is 11.3 Å². The van der Waals surface area contributed by atoms with Gasteiger partial charge in [-0.2, -0.15) is 4.68 Å². The summed E-state index contributed by atoms with van der Waals surface area (Å²) in [5.41, 5.74) is 2.52. The highest BCUT2D eigenvalue weighted by Gasteiger charge is 2.21. The summed E-state index contributed by atoms with van der Waals surface area (Å²) in [5, 5.41) is 15.8. The second kappa shape index (κ2) is 7.04. The van der Waals surface area contributed by atoms with Crippen molar-refractivity contribution >= 4 is 28.8 Å². The van der Waals surface area contributed by atoms with E-state index in [1.165, 1.54) is 22.3 Å². The Morgan fingerprint density at radius 3 is 2.77 bits per heavy atom. The van der Waals surface area contributed by atoms with Crippen molar-refractivity contribution in [2.45, 2.75) is 19.4 Å². The first kappa shape index (κ1) is 16.4. The van der Waals surface area contributed by atoms with E-state index in [9.17, 15) is 9.59 Å². The molecule has 3 heterocycles. The van der Waals surface area contributed by atoms with Gasteiger partial charge in [0.15, 0.2) is 0 Å². The number of hydrogen-bond donors (Lipinski definition) is 1. The Morgan fingerprint density at radius 2 is 2.08 bits per heavy atom. The molecule has 1 aliphatic rings. The van der Waals surface area contributed by atoms with Gasteiger partial charge in [-0.3, -0.25) is 9.59 Å². The minimum absolute atomic E-state index is 0.166. The summed E-state index contributed by atoms with van der Waals surface area (Å²) >= 11 is 1.34. The lowest BCUT2D eigenvalue weighted by Crippen LogP contribution is -2.24. The van der Waals surface area contributed by atoms with E-state index in [0.717, 1.165) is 24.2 Å². The first-order chi connectivity index (χ1) is 12.7. The molecule has 0 spiro atoms. The van der Waals surface area contributed by atoms with E-state index in [-0.39, 0.29) is 11.8 Å². The average Bonchev–Trinajstić information content (AvgIpc) is 3.40. The molecule has 0 unspecified atom stereocenters. The van der Waals surface area contributed by atoms with Crippen LogP contribution in [0.2, 0.25) is 0 Å². The molecule has 0 bridgehead atoms. The highest BCUT2D eigenvalue weighted by Crippen LogP contribution is 2.22. The molecular weight excluding hydrogens is 352 g/mol. The third-order valence-corrected chi connectivity index (χ3v) is 5.12. The Balaban J connectivity index is 1.41. The van der Waals surface area contributed by atoms with Crippen molar-refractivity contribution in [3.8, 4) is 5.69 Å². The number of hydrogen-bond acceptors (Lipinski definition) is 6. The molecule has 1 aliphatic heterocycles.